The summed E-state index contributed by atoms with van der Waals surface area (Å²) < 4.78 is 0. The van der Waals surface area contributed by atoms with Crippen molar-refractivity contribution < 1.29 is 9.59 Å². The van der Waals surface area contributed by atoms with Crippen LogP contribution in [0.3, 0.4) is 0 Å². The van der Waals surface area contributed by atoms with E-state index in [9.17, 15) is 9.59 Å². The van der Waals surface area contributed by atoms with E-state index < -0.39 is 0 Å². The summed E-state index contributed by atoms with van der Waals surface area (Å²) in [5.41, 5.74) is 4.88. The molecule has 30 heavy (non-hydrogen) atoms. The van der Waals surface area contributed by atoms with E-state index in [0.717, 1.165) is 29.7 Å². The molecule has 2 aromatic carbocycles. The van der Waals surface area contributed by atoms with E-state index >= 15 is 0 Å². The minimum absolute atomic E-state index is 0.102. The molecule has 154 valence electrons. The quantitative estimate of drug-likeness (QED) is 0.484. The number of hydrogen-bond donors (Lipinski definition) is 2. The van der Waals surface area contributed by atoms with Gasteiger partial charge in [0.1, 0.15) is 0 Å². The summed E-state index contributed by atoms with van der Waals surface area (Å²) in [6, 6.07) is 13.6. The molecule has 2 N–H and O–H groups in total. The van der Waals surface area contributed by atoms with E-state index in [0.29, 0.717) is 22.7 Å². The molecule has 1 heterocycles. The fourth-order valence-electron chi connectivity index (χ4n) is 3.69. The summed E-state index contributed by atoms with van der Waals surface area (Å²) in [4.78, 5) is 26.7. The Labute approximate surface area is 181 Å². The molecule has 0 saturated heterocycles. The van der Waals surface area contributed by atoms with Crippen LogP contribution >= 0.6 is 11.8 Å². The number of hydrogen-bond acceptors (Lipinski definition) is 3. The van der Waals surface area contributed by atoms with Gasteiger partial charge in [0.15, 0.2) is 0 Å². The predicted molar refractivity (Wildman–Crippen MR) is 124 cm³/mol. The highest BCUT2D eigenvalue weighted by Crippen LogP contribution is 2.39. The van der Waals surface area contributed by atoms with E-state index in [1.165, 1.54) is 35.7 Å². The van der Waals surface area contributed by atoms with Crippen LogP contribution in [-0.4, -0.2) is 18.4 Å². The number of anilines is 1. The highest BCUT2D eigenvalue weighted by molar-refractivity contribution is 8.04. The van der Waals surface area contributed by atoms with Gasteiger partial charge in [-0.2, -0.15) is 0 Å². The normalized spacial score (nSPS) is 17.2. The molecule has 2 aromatic rings. The van der Waals surface area contributed by atoms with Crippen LogP contribution in [0.25, 0.3) is 6.08 Å². The summed E-state index contributed by atoms with van der Waals surface area (Å²) in [7, 11) is 0. The zero-order chi connectivity index (χ0) is 20.9. The van der Waals surface area contributed by atoms with Crippen LogP contribution in [-0.2, 0) is 4.79 Å². The maximum absolute atomic E-state index is 12.5. The lowest BCUT2D eigenvalue weighted by Gasteiger charge is -2.19. The van der Waals surface area contributed by atoms with E-state index in [1.807, 2.05) is 49.4 Å². The lowest BCUT2D eigenvalue weighted by atomic mass is 9.97. The first-order valence-electron chi connectivity index (χ1n) is 10.5. The fourth-order valence-corrected chi connectivity index (χ4v) is 4.62. The number of thioether (sulfide) groups is 1. The molecule has 0 spiro atoms. The zero-order valence-electron chi connectivity index (χ0n) is 17.2. The van der Waals surface area contributed by atoms with Crippen LogP contribution in [0, 0.1) is 6.92 Å². The topological polar surface area (TPSA) is 58.2 Å². The molecule has 1 aliphatic heterocycles. The molecular formula is C25H26N2O2S. The summed E-state index contributed by atoms with van der Waals surface area (Å²) in [5, 5.41) is 5.93. The number of carbonyl (C=O) groups excluding carboxylic acids is 2. The third kappa shape index (κ3) is 5.03. The Kier molecular flexibility index (Phi) is 6.38. The fraction of sp³-hybridized carbons (Fsp3) is 0.280. The van der Waals surface area contributed by atoms with E-state index in [4.69, 9.17) is 0 Å². The van der Waals surface area contributed by atoms with Gasteiger partial charge in [0.05, 0.1) is 10.6 Å². The van der Waals surface area contributed by atoms with Crippen molar-refractivity contribution in [1.82, 2.24) is 5.32 Å². The molecule has 2 amide bonds. The number of aryl methyl sites for hydroxylation is 1. The Morgan fingerprint density at radius 3 is 2.77 bits per heavy atom. The molecule has 0 bridgehead atoms. The van der Waals surface area contributed by atoms with Crippen molar-refractivity contribution in [3.8, 4) is 0 Å². The first kappa shape index (κ1) is 20.5. The highest BCUT2D eigenvalue weighted by atomic mass is 32.2. The van der Waals surface area contributed by atoms with Crippen LogP contribution < -0.4 is 10.6 Å². The van der Waals surface area contributed by atoms with E-state index in [-0.39, 0.29) is 11.8 Å². The van der Waals surface area contributed by atoms with E-state index in [2.05, 4.69) is 16.7 Å². The maximum atomic E-state index is 12.5. The third-order valence-electron chi connectivity index (χ3n) is 5.43. The van der Waals surface area contributed by atoms with Crippen molar-refractivity contribution >= 4 is 35.3 Å². The third-order valence-corrected chi connectivity index (χ3v) is 6.52. The van der Waals surface area contributed by atoms with Gasteiger partial charge in [-0.1, -0.05) is 53.2 Å². The number of amides is 2. The molecule has 5 heteroatoms. The zero-order valence-corrected chi connectivity index (χ0v) is 18.0. The van der Waals surface area contributed by atoms with Crippen LogP contribution in [0.15, 0.2) is 63.9 Å². The van der Waals surface area contributed by atoms with Crippen molar-refractivity contribution in [1.29, 1.82) is 0 Å². The standard InChI is InChI=1S/C25H26N2O2S/c1-17-7-9-19(10-8-17)15-23-25(29)27-21-16-20(11-12-22(21)30-23)24(28)26-14-13-18-5-3-2-4-6-18/h5,7-12,15-16H,2-4,6,13-14H2,1H3,(H,26,28)(H,27,29). The molecule has 0 fully saturated rings. The Balaban J connectivity index is 1.41. The second kappa shape index (κ2) is 9.35. The SMILES string of the molecule is Cc1ccc(C=C2Sc3ccc(C(=O)NCCC4=CCCCC4)cc3NC2=O)cc1. The average molecular weight is 419 g/mol. The minimum Gasteiger partial charge on any atom is -0.352 e. The van der Waals surface area contributed by atoms with E-state index in [1.54, 1.807) is 6.07 Å². The Hall–Kier alpha value is -2.79. The number of allylic oxidation sites excluding steroid dienone is 1. The molecule has 0 radical (unpaired) electrons. The largest absolute Gasteiger partial charge is 0.352 e. The van der Waals surface area contributed by atoms with Crippen LogP contribution in [0.4, 0.5) is 5.69 Å². The Morgan fingerprint density at radius 2 is 2.00 bits per heavy atom. The number of rotatable bonds is 5. The van der Waals surface area contributed by atoms with Gasteiger partial charge in [-0.15, -0.1) is 0 Å². The summed E-state index contributed by atoms with van der Waals surface area (Å²) in [6.45, 7) is 2.68. The van der Waals surface area contributed by atoms with Crippen molar-refractivity contribution in [2.75, 3.05) is 11.9 Å². The van der Waals surface area contributed by atoms with Gasteiger partial charge >= 0.3 is 0 Å². The molecule has 1 aliphatic carbocycles. The monoisotopic (exact) mass is 418 g/mol. The highest BCUT2D eigenvalue weighted by Gasteiger charge is 2.22. The van der Waals surface area contributed by atoms with Crippen molar-refractivity contribution in [2.45, 2.75) is 43.9 Å². The first-order chi connectivity index (χ1) is 14.6. The molecule has 4 rings (SSSR count). The molecule has 2 aliphatic rings. The molecular weight excluding hydrogens is 392 g/mol. The van der Waals surface area contributed by atoms with Crippen molar-refractivity contribution in [2.24, 2.45) is 0 Å². The maximum Gasteiger partial charge on any atom is 0.262 e. The number of carbonyl (C=O) groups is 2. The molecule has 0 atom stereocenters. The van der Waals surface area contributed by atoms with Crippen LogP contribution in [0.2, 0.25) is 0 Å². The number of benzene rings is 2. The van der Waals surface area contributed by atoms with Gasteiger partial charge in [0.2, 0.25) is 0 Å². The van der Waals surface area contributed by atoms with Gasteiger partial charge in [-0.25, -0.2) is 0 Å². The summed E-state index contributed by atoms with van der Waals surface area (Å²) >= 11 is 1.43. The smallest absolute Gasteiger partial charge is 0.262 e. The van der Waals surface area contributed by atoms with Crippen LogP contribution in [0.5, 0.6) is 0 Å². The molecule has 0 unspecified atom stereocenters. The Morgan fingerprint density at radius 1 is 1.17 bits per heavy atom. The second-order valence-electron chi connectivity index (χ2n) is 7.80. The van der Waals surface area contributed by atoms with Gasteiger partial charge in [0.25, 0.3) is 11.8 Å². The van der Waals surface area contributed by atoms with Crippen molar-refractivity contribution in [3.05, 3.63) is 75.7 Å². The van der Waals surface area contributed by atoms with Crippen LogP contribution in [0.1, 0.15) is 53.6 Å². The average Bonchev–Trinajstić information content (AvgIpc) is 2.76. The summed E-state index contributed by atoms with van der Waals surface area (Å²) in [5.74, 6) is -0.246. The van der Waals surface area contributed by atoms with Crippen molar-refractivity contribution in [3.63, 3.8) is 0 Å². The number of nitrogens with one attached hydrogen (secondary N) is 2. The number of fused-ring (bicyclic) bond motifs is 1. The lowest BCUT2D eigenvalue weighted by molar-refractivity contribution is -0.112. The lowest BCUT2D eigenvalue weighted by Crippen LogP contribution is -2.25. The molecule has 0 aromatic heterocycles. The summed E-state index contributed by atoms with van der Waals surface area (Å²) in [6.07, 6.45) is 9.95. The van der Waals surface area contributed by atoms with Gasteiger partial charge < -0.3 is 10.6 Å². The molecule has 0 saturated carbocycles. The predicted octanol–water partition coefficient (Wildman–Crippen LogP) is 5.70. The van der Waals surface area contributed by atoms with Gasteiger partial charge in [-0.3, -0.25) is 9.59 Å². The van der Waals surface area contributed by atoms with Gasteiger partial charge in [0, 0.05) is 17.0 Å². The first-order valence-corrected chi connectivity index (χ1v) is 11.3. The minimum atomic E-state index is -0.144. The van der Waals surface area contributed by atoms with Gasteiger partial charge in [-0.05, 0) is 68.9 Å². The molecule has 4 nitrogen and oxygen atoms in total. The second-order valence-corrected chi connectivity index (χ2v) is 8.88. The Bertz CT molecular complexity index is 1020.